The SMILES string of the molecule is C[C@](OC(=O)Nc1c2c(cc3c1CCC3)CCC2)(C(=O)O)c1ncccn1. The monoisotopic (exact) mass is 367 g/mol. The van der Waals surface area contributed by atoms with Gasteiger partial charge in [-0.1, -0.05) is 6.07 Å². The molecule has 7 nitrogen and oxygen atoms in total. The van der Waals surface area contributed by atoms with E-state index in [1.807, 2.05) is 0 Å². The van der Waals surface area contributed by atoms with E-state index in [0.717, 1.165) is 55.3 Å². The van der Waals surface area contributed by atoms with Crippen LogP contribution in [-0.2, 0) is 40.8 Å². The fraction of sp³-hybridized carbons (Fsp3) is 0.400. The Labute approximate surface area is 156 Å². The van der Waals surface area contributed by atoms with Crippen molar-refractivity contribution in [2.45, 2.75) is 51.0 Å². The zero-order valence-electron chi connectivity index (χ0n) is 15.1. The van der Waals surface area contributed by atoms with E-state index in [0.29, 0.717) is 0 Å². The molecule has 4 rings (SSSR count). The Morgan fingerprint density at radius 3 is 2.22 bits per heavy atom. The highest BCUT2D eigenvalue weighted by Crippen LogP contribution is 2.39. The van der Waals surface area contributed by atoms with Gasteiger partial charge in [0, 0.05) is 12.4 Å². The molecule has 2 aromatic rings. The van der Waals surface area contributed by atoms with Crippen molar-refractivity contribution in [1.29, 1.82) is 0 Å². The maximum atomic E-state index is 12.7. The molecule has 0 saturated carbocycles. The molecule has 0 radical (unpaired) electrons. The summed E-state index contributed by atoms with van der Waals surface area (Å²) in [5.74, 6) is -1.40. The lowest BCUT2D eigenvalue weighted by atomic mass is 9.99. The predicted molar refractivity (Wildman–Crippen MR) is 97.6 cm³/mol. The van der Waals surface area contributed by atoms with Gasteiger partial charge in [-0.05, 0) is 73.8 Å². The zero-order valence-corrected chi connectivity index (χ0v) is 15.1. The van der Waals surface area contributed by atoms with Crippen LogP contribution >= 0.6 is 0 Å². The summed E-state index contributed by atoms with van der Waals surface area (Å²) in [5.41, 5.74) is 3.70. The van der Waals surface area contributed by atoms with E-state index in [-0.39, 0.29) is 5.82 Å². The Balaban J connectivity index is 1.63. The van der Waals surface area contributed by atoms with Crippen molar-refractivity contribution < 1.29 is 19.4 Å². The van der Waals surface area contributed by atoms with Crippen LogP contribution in [0.4, 0.5) is 10.5 Å². The molecule has 0 saturated heterocycles. The summed E-state index contributed by atoms with van der Waals surface area (Å²) in [5, 5.41) is 12.5. The van der Waals surface area contributed by atoms with E-state index in [4.69, 9.17) is 4.74 Å². The summed E-state index contributed by atoms with van der Waals surface area (Å²) in [4.78, 5) is 32.4. The van der Waals surface area contributed by atoms with Crippen LogP contribution < -0.4 is 5.32 Å². The number of carboxylic acid groups (broad SMARTS) is 1. The van der Waals surface area contributed by atoms with Crippen LogP contribution in [0, 0.1) is 0 Å². The number of nitrogens with one attached hydrogen (secondary N) is 1. The van der Waals surface area contributed by atoms with Crippen LogP contribution in [0.3, 0.4) is 0 Å². The first-order valence-electron chi connectivity index (χ1n) is 9.16. The fourth-order valence-electron chi connectivity index (χ4n) is 4.01. The number of hydrogen-bond donors (Lipinski definition) is 2. The number of amides is 1. The number of anilines is 1. The summed E-state index contributed by atoms with van der Waals surface area (Å²) >= 11 is 0. The highest BCUT2D eigenvalue weighted by molar-refractivity contribution is 5.91. The minimum Gasteiger partial charge on any atom is -0.478 e. The topological polar surface area (TPSA) is 101 Å². The molecule has 0 spiro atoms. The molecular formula is C20H21N3O4. The second kappa shape index (κ2) is 6.64. The number of carbonyl (C=O) groups excluding carboxylic acids is 1. The summed E-state index contributed by atoms with van der Waals surface area (Å²) in [6, 6.07) is 3.84. The van der Waals surface area contributed by atoms with Gasteiger partial charge in [0.25, 0.3) is 5.60 Å². The standard InChI is InChI=1S/C20H21N3O4/c1-20(18(24)25,17-21-9-4-10-22-17)27-19(26)23-16-14-7-2-5-12(14)11-13-6-3-8-15(13)16/h4,9-11H,2-3,5-8H2,1H3,(H,23,26)(H,24,25)/t20-/m1/s1. The molecule has 1 aromatic heterocycles. The van der Waals surface area contributed by atoms with Crippen LogP contribution in [-0.4, -0.2) is 27.1 Å². The number of aromatic nitrogens is 2. The van der Waals surface area contributed by atoms with Gasteiger partial charge in [0.15, 0.2) is 5.82 Å². The number of carboxylic acids is 1. The van der Waals surface area contributed by atoms with Gasteiger partial charge in [-0.25, -0.2) is 19.6 Å². The van der Waals surface area contributed by atoms with Crippen molar-refractivity contribution in [1.82, 2.24) is 9.97 Å². The first-order chi connectivity index (χ1) is 13.0. The number of ether oxygens (including phenoxy) is 1. The van der Waals surface area contributed by atoms with E-state index in [9.17, 15) is 14.7 Å². The van der Waals surface area contributed by atoms with Crippen LogP contribution in [0.5, 0.6) is 0 Å². The van der Waals surface area contributed by atoms with Gasteiger partial charge in [0.2, 0.25) is 0 Å². The average molecular weight is 367 g/mol. The van der Waals surface area contributed by atoms with Crippen molar-refractivity contribution in [2.75, 3.05) is 5.32 Å². The molecule has 1 atom stereocenters. The van der Waals surface area contributed by atoms with Gasteiger partial charge in [0.05, 0.1) is 5.69 Å². The molecule has 2 aliphatic rings. The number of fused-ring (bicyclic) bond motifs is 2. The Morgan fingerprint density at radius 2 is 1.67 bits per heavy atom. The highest BCUT2D eigenvalue weighted by atomic mass is 16.6. The van der Waals surface area contributed by atoms with Crippen molar-refractivity contribution in [3.05, 3.63) is 52.6 Å². The minimum absolute atomic E-state index is 0.0730. The first kappa shape index (κ1) is 17.5. The van der Waals surface area contributed by atoms with Gasteiger partial charge in [-0.2, -0.15) is 0 Å². The third-order valence-electron chi connectivity index (χ3n) is 5.40. The van der Waals surface area contributed by atoms with E-state index in [1.165, 1.54) is 30.4 Å². The smallest absolute Gasteiger partial charge is 0.413 e. The summed E-state index contributed by atoms with van der Waals surface area (Å²) < 4.78 is 5.33. The molecule has 2 N–H and O–H groups in total. The molecule has 2 aliphatic carbocycles. The maximum Gasteiger partial charge on any atom is 0.413 e. The number of rotatable bonds is 4. The number of benzene rings is 1. The van der Waals surface area contributed by atoms with Gasteiger partial charge in [-0.3, -0.25) is 5.32 Å². The van der Waals surface area contributed by atoms with E-state index < -0.39 is 17.7 Å². The maximum absolute atomic E-state index is 12.7. The second-order valence-electron chi connectivity index (χ2n) is 7.16. The lowest BCUT2D eigenvalue weighted by Gasteiger charge is -2.24. The first-order valence-corrected chi connectivity index (χ1v) is 9.16. The minimum atomic E-state index is -1.97. The van der Waals surface area contributed by atoms with Gasteiger partial charge >= 0.3 is 12.1 Å². The van der Waals surface area contributed by atoms with Crippen molar-refractivity contribution in [3.63, 3.8) is 0 Å². The highest BCUT2D eigenvalue weighted by Gasteiger charge is 2.43. The molecule has 140 valence electrons. The third kappa shape index (κ3) is 3.03. The van der Waals surface area contributed by atoms with E-state index >= 15 is 0 Å². The number of hydrogen-bond acceptors (Lipinski definition) is 5. The van der Waals surface area contributed by atoms with Gasteiger partial charge in [0.1, 0.15) is 0 Å². The molecule has 1 heterocycles. The van der Waals surface area contributed by atoms with Crippen LogP contribution in [0.1, 0.15) is 47.8 Å². The summed E-state index contributed by atoms with van der Waals surface area (Å²) in [7, 11) is 0. The predicted octanol–water partition coefficient (Wildman–Crippen LogP) is 3.00. The van der Waals surface area contributed by atoms with Crippen molar-refractivity contribution in [2.24, 2.45) is 0 Å². The lowest BCUT2D eigenvalue weighted by Crippen LogP contribution is -2.40. The molecule has 0 fully saturated rings. The third-order valence-corrected chi connectivity index (χ3v) is 5.40. The number of nitrogens with zero attached hydrogens (tertiary/aromatic N) is 2. The fourth-order valence-corrected chi connectivity index (χ4v) is 4.01. The number of aliphatic carboxylic acids is 1. The lowest BCUT2D eigenvalue weighted by molar-refractivity contribution is -0.158. The van der Waals surface area contributed by atoms with Crippen molar-refractivity contribution in [3.8, 4) is 0 Å². The molecule has 27 heavy (non-hydrogen) atoms. The van der Waals surface area contributed by atoms with Crippen LogP contribution in [0.15, 0.2) is 24.5 Å². The van der Waals surface area contributed by atoms with E-state index in [2.05, 4.69) is 21.4 Å². The number of carbonyl (C=O) groups is 2. The summed E-state index contributed by atoms with van der Waals surface area (Å²) in [6.45, 7) is 1.28. The molecule has 1 amide bonds. The van der Waals surface area contributed by atoms with Crippen LogP contribution in [0.25, 0.3) is 0 Å². The summed E-state index contributed by atoms with van der Waals surface area (Å²) in [6.07, 6.45) is 8.00. The molecule has 1 aromatic carbocycles. The Kier molecular flexibility index (Phi) is 4.30. The largest absolute Gasteiger partial charge is 0.478 e. The normalized spacial score (nSPS) is 16.9. The average Bonchev–Trinajstić information content (AvgIpc) is 3.31. The quantitative estimate of drug-likeness (QED) is 0.861. The van der Waals surface area contributed by atoms with Crippen molar-refractivity contribution >= 4 is 17.7 Å². The Bertz CT molecular complexity index is 881. The Morgan fingerprint density at radius 1 is 1.07 bits per heavy atom. The molecular weight excluding hydrogens is 346 g/mol. The van der Waals surface area contributed by atoms with E-state index in [1.54, 1.807) is 6.07 Å². The van der Waals surface area contributed by atoms with Crippen LogP contribution in [0.2, 0.25) is 0 Å². The molecule has 0 bridgehead atoms. The number of aryl methyl sites for hydroxylation is 2. The second-order valence-corrected chi connectivity index (χ2v) is 7.16. The molecule has 0 aliphatic heterocycles. The molecule has 7 heteroatoms. The van der Waals surface area contributed by atoms with Gasteiger partial charge < -0.3 is 9.84 Å². The van der Waals surface area contributed by atoms with Gasteiger partial charge in [-0.15, -0.1) is 0 Å². The molecule has 0 unspecified atom stereocenters. The Hall–Kier alpha value is -2.96. The zero-order chi connectivity index (χ0) is 19.0.